The lowest BCUT2D eigenvalue weighted by Gasteiger charge is -2.09. The molecule has 0 unspecified atom stereocenters. The largest absolute Gasteiger partial charge is 0.497 e. The van der Waals surface area contributed by atoms with Crippen LogP contribution in [0.25, 0.3) is 11.1 Å². The van der Waals surface area contributed by atoms with Gasteiger partial charge in [-0.15, -0.1) is 0 Å². The molecule has 0 radical (unpaired) electrons. The van der Waals surface area contributed by atoms with Crippen molar-refractivity contribution in [2.75, 3.05) is 7.11 Å². The predicted octanol–water partition coefficient (Wildman–Crippen LogP) is 3.11. The topological polar surface area (TPSA) is 89.7 Å². The highest BCUT2D eigenvalue weighted by atomic mass is 19.1. The number of halogens is 1. The predicted molar refractivity (Wildman–Crippen MR) is 72.0 cm³/mol. The molecule has 0 aliphatic carbocycles. The number of non-ortho nitro benzene ring substituents is 1. The van der Waals surface area contributed by atoms with E-state index in [4.69, 9.17) is 9.84 Å². The Bertz CT molecular complexity index is 729. The average Bonchev–Trinajstić information content (AvgIpc) is 2.46. The molecule has 1 N–H and O–H groups in total. The normalized spacial score (nSPS) is 10.2. The second kappa shape index (κ2) is 5.58. The Labute approximate surface area is 118 Å². The molecule has 0 fully saturated rings. The molecule has 2 aromatic carbocycles. The molecule has 0 spiro atoms. The van der Waals surface area contributed by atoms with Gasteiger partial charge < -0.3 is 9.84 Å². The first-order valence-electron chi connectivity index (χ1n) is 5.79. The molecule has 0 atom stereocenters. The van der Waals surface area contributed by atoms with E-state index in [1.807, 2.05) is 0 Å². The third-order valence-electron chi connectivity index (χ3n) is 2.91. The molecule has 6 nitrogen and oxygen atoms in total. The molecule has 0 aromatic heterocycles. The maximum Gasteiger partial charge on any atom is 0.336 e. The second-order valence-electron chi connectivity index (χ2n) is 4.14. The van der Waals surface area contributed by atoms with Gasteiger partial charge in [0.2, 0.25) is 0 Å². The summed E-state index contributed by atoms with van der Waals surface area (Å²) in [7, 11) is 1.37. The quantitative estimate of drug-likeness (QED) is 0.690. The maximum atomic E-state index is 14.1. The standard InChI is InChI=1S/C14H10FNO5/c1-21-9-3-5-10(13(15)7-9)12-6-8(16(19)20)2-4-11(12)14(17)18/h2-7H,1H3,(H,17,18). The molecule has 0 heterocycles. The number of nitro benzene ring substituents is 1. The minimum absolute atomic E-state index is 0.0445. The first-order valence-corrected chi connectivity index (χ1v) is 5.79. The van der Waals surface area contributed by atoms with E-state index < -0.39 is 16.7 Å². The number of hydrogen-bond acceptors (Lipinski definition) is 4. The molecule has 0 amide bonds. The molecule has 7 heteroatoms. The zero-order chi connectivity index (χ0) is 15.6. The van der Waals surface area contributed by atoms with Crippen LogP contribution in [-0.2, 0) is 0 Å². The summed E-state index contributed by atoms with van der Waals surface area (Å²) in [6, 6.07) is 7.03. The highest BCUT2D eigenvalue weighted by Crippen LogP contribution is 2.31. The van der Waals surface area contributed by atoms with Crippen molar-refractivity contribution in [3.05, 3.63) is 57.9 Å². The summed E-state index contributed by atoms with van der Waals surface area (Å²) in [6.07, 6.45) is 0. The lowest BCUT2D eigenvalue weighted by molar-refractivity contribution is -0.384. The Morgan fingerprint density at radius 2 is 1.95 bits per heavy atom. The minimum atomic E-state index is -1.30. The van der Waals surface area contributed by atoms with E-state index in [0.29, 0.717) is 0 Å². The summed E-state index contributed by atoms with van der Waals surface area (Å²) in [5, 5.41) is 19.9. The van der Waals surface area contributed by atoms with E-state index in [9.17, 15) is 19.3 Å². The van der Waals surface area contributed by atoms with Crippen molar-refractivity contribution in [1.82, 2.24) is 0 Å². The van der Waals surface area contributed by atoms with Gasteiger partial charge in [-0.2, -0.15) is 0 Å². The van der Waals surface area contributed by atoms with Crippen LogP contribution >= 0.6 is 0 Å². The number of rotatable bonds is 4. The molecule has 2 rings (SSSR count). The Balaban J connectivity index is 2.68. The Kier molecular flexibility index (Phi) is 3.84. The van der Waals surface area contributed by atoms with Gasteiger partial charge in [0.05, 0.1) is 17.6 Å². The third kappa shape index (κ3) is 2.81. The van der Waals surface area contributed by atoms with Crippen molar-refractivity contribution in [2.45, 2.75) is 0 Å². The number of carboxylic acids is 1. The van der Waals surface area contributed by atoms with Crippen LogP contribution in [0.15, 0.2) is 36.4 Å². The number of nitrogens with zero attached hydrogens (tertiary/aromatic N) is 1. The average molecular weight is 291 g/mol. The molecule has 0 bridgehead atoms. The van der Waals surface area contributed by atoms with Gasteiger partial charge in [0.15, 0.2) is 0 Å². The number of methoxy groups -OCH3 is 1. The van der Waals surface area contributed by atoms with E-state index in [1.165, 1.54) is 19.2 Å². The van der Waals surface area contributed by atoms with Crippen LogP contribution in [0.1, 0.15) is 10.4 Å². The van der Waals surface area contributed by atoms with Gasteiger partial charge in [-0.1, -0.05) is 0 Å². The summed E-state index contributed by atoms with van der Waals surface area (Å²) in [5.41, 5.74) is -0.636. The van der Waals surface area contributed by atoms with Gasteiger partial charge in [-0.05, 0) is 18.2 Å². The van der Waals surface area contributed by atoms with Crippen LogP contribution < -0.4 is 4.74 Å². The highest BCUT2D eigenvalue weighted by Gasteiger charge is 2.19. The van der Waals surface area contributed by atoms with Crippen LogP contribution in [0, 0.1) is 15.9 Å². The summed E-state index contributed by atoms with van der Waals surface area (Å²) in [4.78, 5) is 21.3. The van der Waals surface area contributed by atoms with Gasteiger partial charge >= 0.3 is 5.97 Å². The number of ether oxygens (including phenoxy) is 1. The fourth-order valence-corrected chi connectivity index (χ4v) is 1.90. The summed E-state index contributed by atoms with van der Waals surface area (Å²) >= 11 is 0. The fraction of sp³-hybridized carbons (Fsp3) is 0.0714. The van der Waals surface area contributed by atoms with Crippen LogP contribution in [0.5, 0.6) is 5.75 Å². The monoisotopic (exact) mass is 291 g/mol. The van der Waals surface area contributed by atoms with E-state index in [0.717, 1.165) is 24.3 Å². The van der Waals surface area contributed by atoms with Gasteiger partial charge in [-0.3, -0.25) is 10.1 Å². The van der Waals surface area contributed by atoms with Crippen LogP contribution in [0.3, 0.4) is 0 Å². The molecular formula is C14H10FNO5. The smallest absolute Gasteiger partial charge is 0.336 e. The Morgan fingerprint density at radius 1 is 1.24 bits per heavy atom. The first-order chi connectivity index (χ1) is 9.93. The molecule has 0 aliphatic heterocycles. The van der Waals surface area contributed by atoms with E-state index in [2.05, 4.69) is 0 Å². The fourth-order valence-electron chi connectivity index (χ4n) is 1.90. The van der Waals surface area contributed by atoms with Crippen molar-refractivity contribution in [1.29, 1.82) is 0 Å². The summed E-state index contributed by atoms with van der Waals surface area (Å²) in [5.74, 6) is -1.76. The van der Waals surface area contributed by atoms with Crippen molar-refractivity contribution < 1.29 is 24.0 Å². The zero-order valence-electron chi connectivity index (χ0n) is 10.9. The molecule has 21 heavy (non-hydrogen) atoms. The van der Waals surface area contributed by atoms with Gasteiger partial charge in [0.1, 0.15) is 11.6 Å². The third-order valence-corrected chi connectivity index (χ3v) is 2.91. The summed E-state index contributed by atoms with van der Waals surface area (Å²) in [6.45, 7) is 0. The Hall–Kier alpha value is -2.96. The second-order valence-corrected chi connectivity index (χ2v) is 4.14. The van der Waals surface area contributed by atoms with E-state index in [-0.39, 0.29) is 28.1 Å². The van der Waals surface area contributed by atoms with Gasteiger partial charge in [0.25, 0.3) is 5.69 Å². The molecule has 2 aromatic rings. The number of aromatic carboxylic acids is 1. The number of nitro groups is 1. The number of hydrogen-bond donors (Lipinski definition) is 1. The van der Waals surface area contributed by atoms with Crippen molar-refractivity contribution in [3.8, 4) is 16.9 Å². The molecule has 108 valence electrons. The minimum Gasteiger partial charge on any atom is -0.497 e. The van der Waals surface area contributed by atoms with E-state index in [1.54, 1.807) is 0 Å². The molecule has 0 saturated carbocycles. The lowest BCUT2D eigenvalue weighted by atomic mass is 9.98. The van der Waals surface area contributed by atoms with E-state index >= 15 is 0 Å². The molecule has 0 saturated heterocycles. The highest BCUT2D eigenvalue weighted by molar-refractivity contribution is 5.96. The van der Waals surface area contributed by atoms with Crippen LogP contribution in [0.2, 0.25) is 0 Å². The van der Waals surface area contributed by atoms with Crippen molar-refractivity contribution in [3.63, 3.8) is 0 Å². The van der Waals surface area contributed by atoms with Crippen molar-refractivity contribution in [2.24, 2.45) is 0 Å². The maximum absolute atomic E-state index is 14.1. The zero-order valence-corrected chi connectivity index (χ0v) is 10.9. The Morgan fingerprint density at radius 3 is 2.48 bits per heavy atom. The first kappa shape index (κ1) is 14.4. The number of carbonyl (C=O) groups is 1. The van der Waals surface area contributed by atoms with Crippen LogP contribution in [0.4, 0.5) is 10.1 Å². The number of benzene rings is 2. The van der Waals surface area contributed by atoms with Crippen molar-refractivity contribution >= 4 is 11.7 Å². The van der Waals surface area contributed by atoms with Crippen LogP contribution in [-0.4, -0.2) is 23.1 Å². The lowest BCUT2D eigenvalue weighted by Crippen LogP contribution is -2.02. The molecule has 0 aliphatic rings. The number of carboxylic acid groups (broad SMARTS) is 1. The van der Waals surface area contributed by atoms with Gasteiger partial charge in [-0.25, -0.2) is 9.18 Å². The summed E-state index contributed by atoms with van der Waals surface area (Å²) < 4.78 is 18.9. The molecular weight excluding hydrogens is 281 g/mol. The van der Waals surface area contributed by atoms with Gasteiger partial charge in [0, 0.05) is 29.3 Å². The SMILES string of the molecule is COc1ccc(-c2cc([N+](=O)[O-])ccc2C(=O)O)c(F)c1.